The van der Waals surface area contributed by atoms with E-state index in [2.05, 4.69) is 4.98 Å². The number of nitrogens with zero attached hydrogens (tertiary/aromatic N) is 2. The third kappa shape index (κ3) is 4.62. The number of carbonyl (C=O) groups is 2. The molecule has 0 bridgehead atoms. The van der Waals surface area contributed by atoms with Crippen LogP contribution in [-0.4, -0.2) is 23.0 Å². The van der Waals surface area contributed by atoms with Gasteiger partial charge in [0.2, 0.25) is 0 Å². The number of pyridine rings is 1. The molecule has 3 rings (SSSR count). The maximum atomic E-state index is 12.8. The average molecular weight is 374 g/mol. The van der Waals surface area contributed by atoms with Gasteiger partial charge in [-0.05, 0) is 50.6 Å². The molecular weight excluding hydrogens is 352 g/mol. The number of amides is 1. The van der Waals surface area contributed by atoms with Crippen LogP contribution < -0.4 is 4.90 Å². The number of rotatable bonds is 4. The number of carbonyl (C=O) groups excluding carboxylic acids is 2. The number of aromatic nitrogens is 1. The van der Waals surface area contributed by atoms with E-state index in [1.807, 2.05) is 69.3 Å². The Morgan fingerprint density at radius 3 is 2.11 bits per heavy atom. The maximum absolute atomic E-state index is 12.8. The molecule has 0 N–H and O–H groups in total. The molecule has 1 heterocycles. The van der Waals surface area contributed by atoms with Crippen molar-refractivity contribution in [3.8, 4) is 11.1 Å². The highest BCUT2D eigenvalue weighted by Gasteiger charge is 2.25. The molecule has 1 amide bonds. The second kappa shape index (κ2) is 8.05. The number of aldehydes is 1. The van der Waals surface area contributed by atoms with Crippen molar-refractivity contribution < 1.29 is 14.3 Å². The Hall–Kier alpha value is -3.47. The van der Waals surface area contributed by atoms with Gasteiger partial charge in [0.15, 0.2) is 0 Å². The lowest BCUT2D eigenvalue weighted by Gasteiger charge is -2.27. The highest BCUT2D eigenvalue weighted by Crippen LogP contribution is 2.28. The van der Waals surface area contributed by atoms with Crippen LogP contribution in [0, 0.1) is 0 Å². The lowest BCUT2D eigenvalue weighted by molar-refractivity contribution is 0.0598. The van der Waals surface area contributed by atoms with Crippen LogP contribution in [0.2, 0.25) is 0 Å². The zero-order valence-electron chi connectivity index (χ0n) is 16.1. The van der Waals surface area contributed by atoms with Gasteiger partial charge in [-0.2, -0.15) is 0 Å². The summed E-state index contributed by atoms with van der Waals surface area (Å²) < 4.78 is 5.56. The first kappa shape index (κ1) is 19.3. The molecule has 0 saturated carbocycles. The molecule has 5 nitrogen and oxygen atoms in total. The second-order valence-corrected chi connectivity index (χ2v) is 7.30. The van der Waals surface area contributed by atoms with Crippen molar-refractivity contribution in [1.82, 2.24) is 4.98 Å². The van der Waals surface area contributed by atoms with Crippen molar-refractivity contribution >= 4 is 23.9 Å². The van der Waals surface area contributed by atoms with Crippen LogP contribution in [-0.2, 0) is 4.74 Å². The topological polar surface area (TPSA) is 59.5 Å². The van der Waals surface area contributed by atoms with E-state index in [9.17, 15) is 9.59 Å². The molecule has 3 aromatic rings. The zero-order chi connectivity index (χ0) is 20.1. The van der Waals surface area contributed by atoms with E-state index in [1.165, 1.54) is 4.90 Å². The van der Waals surface area contributed by atoms with Crippen molar-refractivity contribution in [1.29, 1.82) is 0 Å². The minimum absolute atomic E-state index is 0.466. The summed E-state index contributed by atoms with van der Waals surface area (Å²) in [5.74, 6) is 0.466. The first-order valence-corrected chi connectivity index (χ1v) is 8.97. The molecule has 5 heteroatoms. The monoisotopic (exact) mass is 374 g/mol. The molecule has 1 aromatic heterocycles. The van der Waals surface area contributed by atoms with Crippen LogP contribution in [0.15, 0.2) is 72.9 Å². The minimum atomic E-state index is -0.621. The number of hydrogen-bond donors (Lipinski definition) is 0. The molecule has 2 aromatic carbocycles. The van der Waals surface area contributed by atoms with Gasteiger partial charge in [-0.3, -0.25) is 4.79 Å². The molecule has 0 spiro atoms. The van der Waals surface area contributed by atoms with Gasteiger partial charge in [0.1, 0.15) is 17.7 Å². The summed E-state index contributed by atoms with van der Waals surface area (Å²) in [6.07, 6.45) is 2.02. The maximum Gasteiger partial charge on any atom is 0.420 e. The van der Waals surface area contributed by atoms with E-state index < -0.39 is 11.7 Å². The minimum Gasteiger partial charge on any atom is -0.443 e. The number of hydrogen-bond acceptors (Lipinski definition) is 4. The quantitative estimate of drug-likeness (QED) is 0.555. The second-order valence-electron chi connectivity index (χ2n) is 7.30. The molecule has 0 aliphatic heterocycles. The summed E-state index contributed by atoms with van der Waals surface area (Å²) in [6, 6.07) is 20.2. The Morgan fingerprint density at radius 2 is 1.57 bits per heavy atom. The summed E-state index contributed by atoms with van der Waals surface area (Å²) in [5.41, 5.74) is 2.50. The fraction of sp³-hybridized carbons (Fsp3) is 0.174. The molecule has 0 aliphatic carbocycles. The predicted molar refractivity (Wildman–Crippen MR) is 110 cm³/mol. The summed E-state index contributed by atoms with van der Waals surface area (Å²) in [7, 11) is 0. The van der Waals surface area contributed by atoms with E-state index in [4.69, 9.17) is 4.74 Å². The van der Waals surface area contributed by atoms with E-state index in [0.717, 1.165) is 17.4 Å². The number of benzene rings is 2. The molecule has 0 saturated heterocycles. The van der Waals surface area contributed by atoms with Crippen molar-refractivity contribution in [2.75, 3.05) is 4.90 Å². The molecule has 28 heavy (non-hydrogen) atoms. The zero-order valence-corrected chi connectivity index (χ0v) is 16.1. The average Bonchev–Trinajstić information content (AvgIpc) is 2.68. The van der Waals surface area contributed by atoms with Gasteiger partial charge < -0.3 is 4.74 Å². The normalized spacial score (nSPS) is 11.0. The van der Waals surface area contributed by atoms with Gasteiger partial charge in [-0.1, -0.05) is 42.5 Å². The Kier molecular flexibility index (Phi) is 5.54. The van der Waals surface area contributed by atoms with Crippen molar-refractivity contribution in [2.24, 2.45) is 0 Å². The number of ether oxygens (including phenoxy) is 1. The highest BCUT2D eigenvalue weighted by atomic mass is 16.6. The van der Waals surface area contributed by atoms with Gasteiger partial charge in [0, 0.05) is 17.3 Å². The van der Waals surface area contributed by atoms with Crippen molar-refractivity contribution in [3.63, 3.8) is 0 Å². The van der Waals surface area contributed by atoms with Crippen molar-refractivity contribution in [3.05, 3.63) is 78.5 Å². The summed E-state index contributed by atoms with van der Waals surface area (Å²) in [5, 5.41) is 0. The van der Waals surface area contributed by atoms with Gasteiger partial charge in [-0.15, -0.1) is 0 Å². The Balaban J connectivity index is 1.93. The van der Waals surface area contributed by atoms with Crippen LogP contribution >= 0.6 is 0 Å². The van der Waals surface area contributed by atoms with Gasteiger partial charge in [0.25, 0.3) is 0 Å². The van der Waals surface area contributed by atoms with Crippen LogP contribution in [0.4, 0.5) is 16.3 Å². The summed E-state index contributed by atoms with van der Waals surface area (Å²) >= 11 is 0. The van der Waals surface area contributed by atoms with Crippen LogP contribution in [0.3, 0.4) is 0 Å². The fourth-order valence-corrected chi connectivity index (χ4v) is 2.66. The molecule has 142 valence electrons. The van der Waals surface area contributed by atoms with E-state index >= 15 is 0 Å². The smallest absolute Gasteiger partial charge is 0.420 e. The molecule has 0 unspecified atom stereocenters. The summed E-state index contributed by atoms with van der Waals surface area (Å²) in [6.45, 7) is 5.48. The molecule has 0 atom stereocenters. The lowest BCUT2D eigenvalue weighted by Crippen LogP contribution is -2.34. The lowest BCUT2D eigenvalue weighted by atomic mass is 10.1. The Bertz CT molecular complexity index is 944. The van der Waals surface area contributed by atoms with Gasteiger partial charge in [0.05, 0.1) is 5.69 Å². The van der Waals surface area contributed by atoms with Gasteiger partial charge in [-0.25, -0.2) is 14.7 Å². The third-order valence-electron chi connectivity index (χ3n) is 3.95. The Labute approximate surface area is 164 Å². The largest absolute Gasteiger partial charge is 0.443 e. The fourth-order valence-electron chi connectivity index (χ4n) is 2.66. The van der Waals surface area contributed by atoms with E-state index in [0.29, 0.717) is 17.1 Å². The number of para-hydroxylation sites is 1. The number of anilines is 2. The SMILES string of the molecule is CC(C)(C)OC(=O)N(c1ccccc1)c1ccc(-c2ccc(C=O)cc2)cn1. The highest BCUT2D eigenvalue weighted by molar-refractivity contribution is 5.95. The molecule has 0 aliphatic rings. The molecule has 0 fully saturated rings. The van der Waals surface area contributed by atoms with Crippen molar-refractivity contribution in [2.45, 2.75) is 26.4 Å². The third-order valence-corrected chi connectivity index (χ3v) is 3.95. The van der Waals surface area contributed by atoms with E-state index in [1.54, 1.807) is 24.4 Å². The van der Waals surface area contributed by atoms with Crippen LogP contribution in [0.1, 0.15) is 31.1 Å². The van der Waals surface area contributed by atoms with Gasteiger partial charge >= 0.3 is 6.09 Å². The molecule has 0 radical (unpaired) electrons. The van der Waals surface area contributed by atoms with Crippen LogP contribution in [0.25, 0.3) is 11.1 Å². The molecular formula is C23H22N2O3. The van der Waals surface area contributed by atoms with Crippen LogP contribution in [0.5, 0.6) is 0 Å². The predicted octanol–water partition coefficient (Wildman–Crippen LogP) is 5.63. The first-order chi connectivity index (χ1) is 13.4. The van der Waals surface area contributed by atoms with E-state index in [-0.39, 0.29) is 0 Å². The first-order valence-electron chi connectivity index (χ1n) is 8.97. The summed E-state index contributed by atoms with van der Waals surface area (Å²) in [4.78, 5) is 29.6. The standard InChI is InChI=1S/C23H22N2O3/c1-23(2,3)28-22(27)25(20-7-5-4-6-8-20)21-14-13-19(15-24-21)18-11-9-17(16-26)10-12-18/h4-16H,1-3H3. The Morgan fingerprint density at radius 1 is 0.929 bits per heavy atom.